The molecule has 5 heteroatoms. The average molecular weight is 293 g/mol. The summed E-state index contributed by atoms with van der Waals surface area (Å²) in [7, 11) is 0. The van der Waals surface area contributed by atoms with Crippen LogP contribution in [0.5, 0.6) is 0 Å². The van der Waals surface area contributed by atoms with Gasteiger partial charge in [0.15, 0.2) is 0 Å². The summed E-state index contributed by atoms with van der Waals surface area (Å²) in [5.74, 6) is 2.36. The Morgan fingerprint density at radius 2 is 2.20 bits per heavy atom. The molecule has 0 aliphatic carbocycles. The van der Waals surface area contributed by atoms with Gasteiger partial charge in [-0.3, -0.25) is 0 Å². The summed E-state index contributed by atoms with van der Waals surface area (Å²) < 4.78 is 5.12. The number of hydroxylamine groups is 1. The van der Waals surface area contributed by atoms with Gasteiger partial charge in [0.1, 0.15) is 12.6 Å². The predicted molar refractivity (Wildman–Crippen MR) is 80.3 cm³/mol. The summed E-state index contributed by atoms with van der Waals surface area (Å²) in [6, 6.07) is 6.99. The Morgan fingerprint density at radius 3 is 2.80 bits per heavy atom. The van der Waals surface area contributed by atoms with Crippen molar-refractivity contribution in [3.63, 3.8) is 0 Å². The van der Waals surface area contributed by atoms with Crippen molar-refractivity contribution in [1.29, 1.82) is 0 Å². The first-order valence-electron chi connectivity index (χ1n) is 6.15. The van der Waals surface area contributed by atoms with Crippen LogP contribution in [0.25, 0.3) is 5.57 Å². The molecule has 0 bridgehead atoms. The minimum atomic E-state index is -0.255. The first-order chi connectivity index (χ1) is 9.52. The van der Waals surface area contributed by atoms with Gasteiger partial charge in [0, 0.05) is 10.6 Å². The van der Waals surface area contributed by atoms with Crippen molar-refractivity contribution < 1.29 is 9.60 Å². The fraction of sp³-hybridized carbons (Fsp3) is 0.333. The van der Waals surface area contributed by atoms with E-state index in [2.05, 4.69) is 11.0 Å². The fourth-order valence-electron chi connectivity index (χ4n) is 1.50. The molecule has 106 valence electrons. The lowest BCUT2D eigenvalue weighted by Gasteiger charge is -2.04. The quantitative estimate of drug-likeness (QED) is 0.264. The molecule has 0 N–H and O–H groups in total. The van der Waals surface area contributed by atoms with Gasteiger partial charge in [0.25, 0.3) is 0 Å². The summed E-state index contributed by atoms with van der Waals surface area (Å²) >= 11 is 5.81. The molecule has 0 aliphatic rings. The smallest absolute Gasteiger partial charge is 0.212 e. The van der Waals surface area contributed by atoms with Gasteiger partial charge in [0.05, 0.1) is 6.61 Å². The molecule has 0 radical (unpaired) electrons. The van der Waals surface area contributed by atoms with Gasteiger partial charge in [-0.2, -0.15) is 0 Å². The second-order valence-electron chi connectivity index (χ2n) is 4.31. The van der Waals surface area contributed by atoms with Gasteiger partial charge in [-0.25, -0.2) is 0 Å². The lowest BCUT2D eigenvalue weighted by Crippen LogP contribution is -2.11. The highest BCUT2D eigenvalue weighted by Crippen LogP contribution is 2.17. The first kappa shape index (κ1) is 16.2. The Bertz CT molecular complexity index is 530. The Kier molecular flexibility index (Phi) is 6.78. The Hall–Kier alpha value is -1.83. The van der Waals surface area contributed by atoms with Gasteiger partial charge >= 0.3 is 0 Å². The van der Waals surface area contributed by atoms with Crippen molar-refractivity contribution >= 4 is 17.2 Å². The molecule has 20 heavy (non-hydrogen) atoms. The first-order valence-corrected chi connectivity index (χ1v) is 6.53. The number of ether oxygens (including phenoxy) is 1. The van der Waals surface area contributed by atoms with Crippen LogP contribution in [0.2, 0.25) is 5.02 Å². The molecule has 4 nitrogen and oxygen atoms in total. The van der Waals surface area contributed by atoms with E-state index in [1.165, 1.54) is 6.20 Å². The predicted octanol–water partition coefficient (Wildman–Crippen LogP) is 3.70. The number of halogens is 1. The fourth-order valence-corrected chi connectivity index (χ4v) is 1.63. The van der Waals surface area contributed by atoms with E-state index in [0.717, 1.165) is 11.1 Å². The zero-order valence-electron chi connectivity index (χ0n) is 11.5. The van der Waals surface area contributed by atoms with Crippen LogP contribution in [0.1, 0.15) is 19.4 Å². The third-order valence-electron chi connectivity index (χ3n) is 2.46. The SMILES string of the molecule is C#CCOCC(C)N=[N+]([O-])/C=C(\C)c1ccc(Cl)cc1. The van der Waals surface area contributed by atoms with Gasteiger partial charge in [-0.05, 0) is 36.7 Å². The van der Waals surface area contributed by atoms with Crippen molar-refractivity contribution in [2.75, 3.05) is 13.2 Å². The van der Waals surface area contributed by atoms with Crippen LogP contribution in [0.4, 0.5) is 0 Å². The normalized spacial score (nSPS) is 13.9. The van der Waals surface area contributed by atoms with E-state index in [1.54, 1.807) is 19.1 Å². The number of terminal acetylenes is 1. The molecular formula is C15H17ClN2O2. The topological polar surface area (TPSA) is 47.7 Å². The molecular weight excluding hydrogens is 276 g/mol. The van der Waals surface area contributed by atoms with E-state index >= 15 is 0 Å². The largest absolute Gasteiger partial charge is 0.595 e. The van der Waals surface area contributed by atoms with E-state index in [9.17, 15) is 5.21 Å². The lowest BCUT2D eigenvalue weighted by molar-refractivity contribution is -0.461. The molecule has 0 aromatic heterocycles. The third-order valence-corrected chi connectivity index (χ3v) is 2.71. The highest BCUT2D eigenvalue weighted by Gasteiger charge is 2.05. The zero-order chi connectivity index (χ0) is 15.0. The van der Waals surface area contributed by atoms with Gasteiger partial charge in [-0.1, -0.05) is 34.5 Å². The Balaban J connectivity index is 2.67. The Labute approximate surface area is 124 Å². The maximum absolute atomic E-state index is 11.7. The number of benzene rings is 1. The number of hydrogen-bond acceptors (Lipinski definition) is 3. The molecule has 1 atom stereocenters. The second-order valence-corrected chi connectivity index (χ2v) is 4.74. The van der Waals surface area contributed by atoms with E-state index in [1.807, 2.05) is 19.1 Å². The van der Waals surface area contributed by atoms with Crippen LogP contribution in [-0.2, 0) is 4.74 Å². The van der Waals surface area contributed by atoms with Crippen LogP contribution in [0, 0.1) is 17.6 Å². The molecule has 0 spiro atoms. The number of allylic oxidation sites excluding steroid dienone is 1. The average Bonchev–Trinajstić information content (AvgIpc) is 2.39. The number of azo groups is 1. The second kappa shape index (κ2) is 8.36. The van der Waals surface area contributed by atoms with Crippen molar-refractivity contribution in [1.82, 2.24) is 0 Å². The maximum atomic E-state index is 11.7. The Morgan fingerprint density at radius 1 is 1.55 bits per heavy atom. The maximum Gasteiger partial charge on any atom is 0.212 e. The van der Waals surface area contributed by atoms with Crippen LogP contribution in [-0.4, -0.2) is 24.1 Å². The molecule has 1 aromatic rings. The molecule has 0 saturated heterocycles. The third kappa shape index (κ3) is 5.87. The summed E-state index contributed by atoms with van der Waals surface area (Å²) in [6.07, 6.45) is 6.48. The van der Waals surface area contributed by atoms with Crippen LogP contribution in [0.15, 0.2) is 35.6 Å². The van der Waals surface area contributed by atoms with Crippen LogP contribution in [0.3, 0.4) is 0 Å². The minimum Gasteiger partial charge on any atom is -0.595 e. The van der Waals surface area contributed by atoms with E-state index in [4.69, 9.17) is 22.8 Å². The molecule has 1 rings (SSSR count). The van der Waals surface area contributed by atoms with Crippen molar-refractivity contribution in [2.45, 2.75) is 19.9 Å². The van der Waals surface area contributed by atoms with Gasteiger partial charge in [0.2, 0.25) is 6.20 Å². The monoisotopic (exact) mass is 292 g/mol. The zero-order valence-corrected chi connectivity index (χ0v) is 12.3. The molecule has 0 saturated carbocycles. The molecule has 0 amide bonds. The van der Waals surface area contributed by atoms with Gasteiger partial charge in [-0.15, -0.1) is 6.42 Å². The highest BCUT2D eigenvalue weighted by molar-refractivity contribution is 6.30. The summed E-state index contributed by atoms with van der Waals surface area (Å²) in [5.41, 5.74) is 1.72. The summed E-state index contributed by atoms with van der Waals surface area (Å²) in [5, 5.41) is 16.3. The number of rotatable bonds is 6. The molecule has 1 unspecified atom stereocenters. The van der Waals surface area contributed by atoms with Crippen LogP contribution < -0.4 is 0 Å². The summed E-state index contributed by atoms with van der Waals surface area (Å²) in [4.78, 5) is 0.549. The molecule has 1 aromatic carbocycles. The standard InChI is InChI=1S/C15H17ClN2O2/c1-4-9-20-11-13(3)17-18(19)10-12(2)14-5-7-15(16)8-6-14/h1,5-8,10,13H,9,11H2,2-3H3/b12-10+,18-17?. The molecule has 0 aliphatic heterocycles. The summed E-state index contributed by atoms with van der Waals surface area (Å²) in [6.45, 7) is 4.16. The lowest BCUT2D eigenvalue weighted by atomic mass is 10.1. The molecule has 0 fully saturated rings. The van der Waals surface area contributed by atoms with E-state index in [0.29, 0.717) is 16.5 Å². The van der Waals surface area contributed by atoms with Crippen molar-refractivity contribution in [3.05, 3.63) is 46.3 Å². The highest BCUT2D eigenvalue weighted by atomic mass is 35.5. The van der Waals surface area contributed by atoms with Crippen LogP contribution >= 0.6 is 11.6 Å². The van der Waals surface area contributed by atoms with Crippen molar-refractivity contribution in [2.24, 2.45) is 5.11 Å². The minimum absolute atomic E-state index is 0.221. The number of hydrogen-bond donors (Lipinski definition) is 0. The van der Waals surface area contributed by atoms with Gasteiger partial charge < -0.3 is 9.94 Å². The number of nitrogens with zero attached hydrogens (tertiary/aromatic N) is 2. The van der Waals surface area contributed by atoms with E-state index < -0.39 is 0 Å². The molecule has 0 heterocycles. The van der Waals surface area contributed by atoms with Crippen molar-refractivity contribution in [3.8, 4) is 12.3 Å². The van der Waals surface area contributed by atoms with E-state index in [-0.39, 0.29) is 12.6 Å².